The van der Waals surface area contributed by atoms with Crippen molar-refractivity contribution in [2.24, 2.45) is 0 Å². The van der Waals surface area contributed by atoms with Crippen molar-refractivity contribution in [2.75, 3.05) is 31.2 Å². The lowest BCUT2D eigenvalue weighted by molar-refractivity contribution is -0.127. The molecule has 0 spiro atoms. The minimum absolute atomic E-state index is 0.147. The molecule has 194 valence electrons. The van der Waals surface area contributed by atoms with Gasteiger partial charge in [0.05, 0.1) is 16.6 Å². The Labute approximate surface area is 230 Å². The molecule has 10 heteroatoms. The van der Waals surface area contributed by atoms with Gasteiger partial charge in [-0.1, -0.05) is 53.0 Å². The van der Waals surface area contributed by atoms with Gasteiger partial charge >= 0.3 is 0 Å². The largest absolute Gasteiger partial charge is 0.490 e. The van der Waals surface area contributed by atoms with Gasteiger partial charge in [-0.15, -0.1) is 0 Å². The average molecular weight is 563 g/mol. The highest BCUT2D eigenvalue weighted by Crippen LogP contribution is 2.34. The molecule has 1 aliphatic rings. The van der Waals surface area contributed by atoms with Crippen molar-refractivity contribution in [1.82, 2.24) is 10.6 Å². The number of carbonyl (C=O) groups is 2. The van der Waals surface area contributed by atoms with Crippen molar-refractivity contribution in [2.45, 2.75) is 19.5 Å². The van der Waals surface area contributed by atoms with Crippen LogP contribution < -0.4 is 25.0 Å². The molecule has 7 nitrogen and oxygen atoms in total. The van der Waals surface area contributed by atoms with E-state index < -0.39 is 6.04 Å². The van der Waals surface area contributed by atoms with Crippen LogP contribution in [0.3, 0.4) is 0 Å². The molecule has 1 saturated heterocycles. The van der Waals surface area contributed by atoms with Gasteiger partial charge in [-0.05, 0) is 60.5 Å². The summed E-state index contributed by atoms with van der Waals surface area (Å²) in [5, 5.41) is 7.36. The Morgan fingerprint density at radius 1 is 1.00 bits per heavy atom. The lowest BCUT2D eigenvalue weighted by Gasteiger charge is -2.35. The average Bonchev–Trinajstić information content (AvgIpc) is 2.87. The van der Waals surface area contributed by atoms with Crippen LogP contribution in [0.4, 0.5) is 5.69 Å². The normalized spacial score (nSPS) is 15.4. The number of halogens is 3. The molecule has 0 unspecified atom stereocenters. The Hall–Kier alpha value is -2.97. The molecule has 3 aromatic carbocycles. The van der Waals surface area contributed by atoms with Crippen LogP contribution in [0.5, 0.6) is 11.5 Å². The van der Waals surface area contributed by atoms with Crippen LogP contribution in [0.2, 0.25) is 15.1 Å². The van der Waals surface area contributed by atoms with Crippen molar-refractivity contribution in [3.05, 3.63) is 86.9 Å². The van der Waals surface area contributed by atoms with E-state index in [-0.39, 0.29) is 38.1 Å². The molecular formula is C27H26Cl3N3O4. The standard InChI is InChI=1S/C27H26Cl3N3O4/c1-17-12-22(29)26(23(30)13-17)37-11-10-36-20-8-6-19(7-9-20)33-24(15-31-16-25(33)34)27(35)32-14-18-4-2-3-5-21(18)28/h2-9,12-13,24,31H,10-11,14-16H2,1H3,(H,32,35)/t24-/m1/s1. The van der Waals surface area contributed by atoms with E-state index in [1.54, 1.807) is 42.5 Å². The van der Waals surface area contributed by atoms with Crippen molar-refractivity contribution in [1.29, 1.82) is 0 Å². The van der Waals surface area contributed by atoms with Crippen LogP contribution in [0.15, 0.2) is 60.7 Å². The second-order valence-electron chi connectivity index (χ2n) is 8.47. The Morgan fingerprint density at radius 2 is 1.68 bits per heavy atom. The second-order valence-corrected chi connectivity index (χ2v) is 9.69. The molecule has 2 N–H and O–H groups in total. The molecule has 2 amide bonds. The van der Waals surface area contributed by atoms with Gasteiger partial charge in [0.2, 0.25) is 11.8 Å². The molecule has 1 heterocycles. The Kier molecular flexibility index (Phi) is 9.16. The summed E-state index contributed by atoms with van der Waals surface area (Å²) in [5.74, 6) is 0.546. The molecule has 1 atom stereocenters. The molecule has 3 aromatic rings. The van der Waals surface area contributed by atoms with Gasteiger partial charge in [0.25, 0.3) is 0 Å². The highest BCUT2D eigenvalue weighted by molar-refractivity contribution is 6.37. The van der Waals surface area contributed by atoms with Crippen LogP contribution in [-0.2, 0) is 16.1 Å². The minimum atomic E-state index is -0.701. The number of piperazine rings is 1. The molecular weight excluding hydrogens is 537 g/mol. The molecule has 4 rings (SSSR count). The van der Waals surface area contributed by atoms with E-state index in [4.69, 9.17) is 44.3 Å². The summed E-state index contributed by atoms with van der Waals surface area (Å²) in [4.78, 5) is 27.2. The Bertz CT molecular complexity index is 1250. The highest BCUT2D eigenvalue weighted by Gasteiger charge is 2.34. The second kappa shape index (κ2) is 12.5. The first-order chi connectivity index (χ1) is 17.8. The van der Waals surface area contributed by atoms with E-state index in [0.29, 0.717) is 38.8 Å². The first-order valence-electron chi connectivity index (χ1n) is 11.7. The monoisotopic (exact) mass is 561 g/mol. The van der Waals surface area contributed by atoms with Gasteiger partial charge in [0.15, 0.2) is 5.75 Å². The summed E-state index contributed by atoms with van der Waals surface area (Å²) in [7, 11) is 0. The molecule has 1 fully saturated rings. The molecule has 0 saturated carbocycles. The zero-order valence-electron chi connectivity index (χ0n) is 20.1. The fourth-order valence-corrected chi connectivity index (χ4v) is 4.88. The number of anilines is 1. The van der Waals surface area contributed by atoms with Gasteiger partial charge in [-0.3, -0.25) is 14.5 Å². The summed E-state index contributed by atoms with van der Waals surface area (Å²) in [6.45, 7) is 3.16. The zero-order valence-corrected chi connectivity index (χ0v) is 22.4. The Balaban J connectivity index is 1.34. The zero-order chi connectivity index (χ0) is 26.4. The maximum Gasteiger partial charge on any atom is 0.244 e. The molecule has 1 aliphatic heterocycles. The number of rotatable bonds is 9. The van der Waals surface area contributed by atoms with Gasteiger partial charge in [-0.2, -0.15) is 0 Å². The molecule has 0 bridgehead atoms. The van der Waals surface area contributed by atoms with E-state index in [1.807, 2.05) is 25.1 Å². The summed E-state index contributed by atoms with van der Waals surface area (Å²) < 4.78 is 11.4. The number of ether oxygens (including phenoxy) is 2. The quantitative estimate of drug-likeness (QED) is 0.358. The number of benzene rings is 3. The van der Waals surface area contributed by atoms with Crippen molar-refractivity contribution in [3.8, 4) is 11.5 Å². The van der Waals surface area contributed by atoms with Crippen LogP contribution in [0, 0.1) is 6.92 Å². The molecule has 37 heavy (non-hydrogen) atoms. The maximum absolute atomic E-state index is 13.0. The molecule has 0 aliphatic carbocycles. The van der Waals surface area contributed by atoms with Gasteiger partial charge < -0.3 is 20.1 Å². The summed E-state index contributed by atoms with van der Waals surface area (Å²) in [6.07, 6.45) is 0. The van der Waals surface area contributed by atoms with Gasteiger partial charge in [0.1, 0.15) is 25.0 Å². The third kappa shape index (κ3) is 6.87. The van der Waals surface area contributed by atoms with Crippen molar-refractivity contribution in [3.63, 3.8) is 0 Å². The number of amides is 2. The summed E-state index contributed by atoms with van der Waals surface area (Å²) in [5.41, 5.74) is 2.35. The third-order valence-corrected chi connectivity index (χ3v) is 6.69. The first-order valence-corrected chi connectivity index (χ1v) is 12.8. The van der Waals surface area contributed by atoms with E-state index in [1.165, 1.54) is 4.90 Å². The number of hydrogen-bond donors (Lipinski definition) is 2. The van der Waals surface area contributed by atoms with E-state index in [2.05, 4.69) is 10.6 Å². The lowest BCUT2D eigenvalue weighted by atomic mass is 10.1. The SMILES string of the molecule is Cc1cc(Cl)c(OCCOc2ccc(N3C(=O)CNC[C@@H]3C(=O)NCc3ccccc3Cl)cc2)c(Cl)c1. The van der Waals surface area contributed by atoms with Crippen LogP contribution in [-0.4, -0.2) is 44.2 Å². The summed E-state index contributed by atoms with van der Waals surface area (Å²) in [6, 6.07) is 17.2. The maximum atomic E-state index is 13.0. The van der Waals surface area contributed by atoms with Gasteiger partial charge in [0, 0.05) is 23.8 Å². The van der Waals surface area contributed by atoms with Crippen molar-refractivity contribution >= 4 is 52.3 Å². The Morgan fingerprint density at radius 3 is 2.38 bits per heavy atom. The van der Waals surface area contributed by atoms with Crippen LogP contribution >= 0.6 is 34.8 Å². The fraction of sp³-hybridized carbons (Fsp3) is 0.259. The predicted octanol–water partition coefficient (Wildman–Crippen LogP) is 5.03. The number of carbonyl (C=O) groups excluding carboxylic acids is 2. The lowest BCUT2D eigenvalue weighted by Crippen LogP contribution is -2.60. The number of aryl methyl sites for hydroxylation is 1. The van der Waals surface area contributed by atoms with E-state index in [9.17, 15) is 9.59 Å². The third-order valence-electron chi connectivity index (χ3n) is 5.76. The van der Waals surface area contributed by atoms with Crippen LogP contribution in [0.25, 0.3) is 0 Å². The van der Waals surface area contributed by atoms with E-state index >= 15 is 0 Å². The fourth-order valence-electron chi connectivity index (χ4n) is 3.97. The molecule has 0 aromatic heterocycles. The number of hydrogen-bond acceptors (Lipinski definition) is 5. The first kappa shape index (κ1) is 27.1. The number of nitrogens with one attached hydrogen (secondary N) is 2. The topological polar surface area (TPSA) is 79.9 Å². The predicted molar refractivity (Wildman–Crippen MR) is 146 cm³/mol. The minimum Gasteiger partial charge on any atom is -0.490 e. The van der Waals surface area contributed by atoms with Gasteiger partial charge in [-0.25, -0.2) is 0 Å². The van der Waals surface area contributed by atoms with E-state index in [0.717, 1.165) is 11.1 Å². The smallest absolute Gasteiger partial charge is 0.244 e. The summed E-state index contributed by atoms with van der Waals surface area (Å²) >= 11 is 18.6. The molecule has 0 radical (unpaired) electrons. The highest BCUT2D eigenvalue weighted by atomic mass is 35.5. The van der Waals surface area contributed by atoms with Crippen LogP contribution in [0.1, 0.15) is 11.1 Å². The number of nitrogens with zero attached hydrogens (tertiary/aromatic N) is 1. The van der Waals surface area contributed by atoms with Crippen molar-refractivity contribution < 1.29 is 19.1 Å².